The molecule has 0 amide bonds. The molecule has 0 aliphatic heterocycles. The lowest BCUT2D eigenvalue weighted by Crippen LogP contribution is -2.10. The molecule has 0 radical (unpaired) electrons. The van der Waals surface area contributed by atoms with Gasteiger partial charge >= 0.3 is 0 Å². The van der Waals surface area contributed by atoms with Gasteiger partial charge in [0.1, 0.15) is 16.5 Å². The summed E-state index contributed by atoms with van der Waals surface area (Å²) in [5.74, 6) is 2.78. The lowest BCUT2D eigenvalue weighted by molar-refractivity contribution is 0.383. The summed E-state index contributed by atoms with van der Waals surface area (Å²) in [4.78, 5) is 18.0. The van der Waals surface area contributed by atoms with Crippen LogP contribution in [0.4, 0.5) is 11.8 Å². The summed E-state index contributed by atoms with van der Waals surface area (Å²) in [6.07, 6.45) is 4.78. The van der Waals surface area contributed by atoms with E-state index in [-0.39, 0.29) is 0 Å². The molecule has 3 aromatic heterocycles. The fourth-order valence-corrected chi connectivity index (χ4v) is 4.36. The predicted molar refractivity (Wildman–Crippen MR) is 94.7 cm³/mol. The van der Waals surface area contributed by atoms with Gasteiger partial charge in [0.15, 0.2) is 0 Å². The maximum absolute atomic E-state index is 5.28. The second-order valence-corrected chi connectivity index (χ2v) is 7.33. The lowest BCUT2D eigenvalue weighted by atomic mass is 9.97. The summed E-state index contributed by atoms with van der Waals surface area (Å²) in [7, 11) is 3.77. The minimum absolute atomic E-state index is 0.455. The summed E-state index contributed by atoms with van der Waals surface area (Å²) in [5, 5.41) is 8.49. The van der Waals surface area contributed by atoms with Crippen molar-refractivity contribution in [3.63, 3.8) is 0 Å². The van der Waals surface area contributed by atoms with E-state index in [2.05, 4.69) is 25.4 Å². The highest BCUT2D eigenvalue weighted by Gasteiger charge is 2.21. The Labute approximate surface area is 144 Å². The van der Waals surface area contributed by atoms with E-state index in [1.165, 1.54) is 28.7 Å². The smallest absolute Gasteiger partial charge is 0.265 e. The summed E-state index contributed by atoms with van der Waals surface area (Å²) < 4.78 is 5.28. The van der Waals surface area contributed by atoms with E-state index < -0.39 is 0 Å². The van der Waals surface area contributed by atoms with Gasteiger partial charge in [0.05, 0.1) is 11.9 Å². The Bertz CT molecular complexity index is 884. The Morgan fingerprint density at radius 1 is 1.17 bits per heavy atom. The summed E-state index contributed by atoms with van der Waals surface area (Å²) in [6, 6.07) is 0. The van der Waals surface area contributed by atoms with Crippen molar-refractivity contribution in [3.05, 3.63) is 22.2 Å². The molecule has 0 aromatic carbocycles. The highest BCUT2D eigenvalue weighted by Crippen LogP contribution is 2.38. The molecule has 1 N–H and O–H groups in total. The molecule has 0 bridgehead atoms. The van der Waals surface area contributed by atoms with Crippen LogP contribution in [0.1, 0.15) is 35.0 Å². The highest BCUT2D eigenvalue weighted by molar-refractivity contribution is 7.19. The predicted octanol–water partition coefficient (Wildman–Crippen LogP) is 2.94. The Kier molecular flexibility index (Phi) is 3.84. The molecule has 0 fully saturated rings. The van der Waals surface area contributed by atoms with Crippen LogP contribution in [0.25, 0.3) is 10.2 Å². The van der Waals surface area contributed by atoms with Gasteiger partial charge in [0, 0.05) is 19.0 Å². The van der Waals surface area contributed by atoms with Gasteiger partial charge in [0.25, 0.3) is 5.95 Å². The number of thiophene rings is 1. The van der Waals surface area contributed by atoms with Crippen LogP contribution in [-0.4, -0.2) is 34.2 Å². The normalized spacial score (nSPS) is 14.0. The Balaban J connectivity index is 1.66. The molecular formula is C16H20N6OS. The van der Waals surface area contributed by atoms with Crippen LogP contribution in [0, 0.1) is 6.92 Å². The molecule has 0 saturated carbocycles. The number of nitrogens with one attached hydrogen (secondary N) is 1. The molecule has 0 atom stereocenters. The Morgan fingerprint density at radius 2 is 2.00 bits per heavy atom. The summed E-state index contributed by atoms with van der Waals surface area (Å²) >= 11 is 1.81. The molecule has 8 heteroatoms. The van der Waals surface area contributed by atoms with Crippen molar-refractivity contribution in [2.24, 2.45) is 0 Å². The average Bonchev–Trinajstić information content (AvgIpc) is 3.16. The first kappa shape index (κ1) is 15.3. The fourth-order valence-electron chi connectivity index (χ4n) is 3.05. The van der Waals surface area contributed by atoms with Gasteiger partial charge in [-0.1, -0.05) is 0 Å². The first-order valence-electron chi connectivity index (χ1n) is 8.14. The molecule has 0 saturated heterocycles. The molecule has 1 aliphatic rings. The molecule has 3 heterocycles. The zero-order valence-corrected chi connectivity index (χ0v) is 14.9. The van der Waals surface area contributed by atoms with Crippen LogP contribution >= 0.6 is 11.3 Å². The number of nitrogens with zero attached hydrogens (tertiary/aromatic N) is 5. The molecular weight excluding hydrogens is 324 g/mol. The standard InChI is InChI=1S/C16H20N6OS/c1-9-18-14(17-8-12-20-16(21-23-12)22(2)3)13-10-6-4-5-7-11(10)24-15(13)19-9/h4-8H2,1-3H3,(H,17,18,19). The topological polar surface area (TPSA) is 80.0 Å². The van der Waals surface area contributed by atoms with E-state index in [4.69, 9.17) is 4.52 Å². The zero-order valence-electron chi connectivity index (χ0n) is 14.1. The minimum Gasteiger partial charge on any atom is -0.360 e. The van der Waals surface area contributed by atoms with E-state index in [0.717, 1.165) is 29.3 Å². The van der Waals surface area contributed by atoms with Crippen LogP contribution in [0.15, 0.2) is 4.52 Å². The quantitative estimate of drug-likeness (QED) is 0.779. The monoisotopic (exact) mass is 344 g/mol. The van der Waals surface area contributed by atoms with Crippen molar-refractivity contribution >= 4 is 33.3 Å². The SMILES string of the molecule is Cc1nc(NCc2nc(N(C)C)no2)c2c3c(sc2n1)CCCC3. The van der Waals surface area contributed by atoms with E-state index >= 15 is 0 Å². The van der Waals surface area contributed by atoms with E-state index in [0.29, 0.717) is 18.4 Å². The van der Waals surface area contributed by atoms with Crippen molar-refractivity contribution in [2.45, 2.75) is 39.2 Å². The number of aryl methyl sites for hydroxylation is 3. The molecule has 1 aliphatic carbocycles. The number of fused-ring (bicyclic) bond motifs is 3. The number of hydrogen-bond donors (Lipinski definition) is 1. The maximum atomic E-state index is 5.28. The van der Waals surface area contributed by atoms with Gasteiger partial charge in [0.2, 0.25) is 5.89 Å². The molecule has 3 aromatic rings. The molecule has 0 spiro atoms. The van der Waals surface area contributed by atoms with Crippen LogP contribution in [-0.2, 0) is 19.4 Å². The van der Waals surface area contributed by atoms with Crippen molar-refractivity contribution in [1.82, 2.24) is 20.1 Å². The van der Waals surface area contributed by atoms with Crippen LogP contribution in [0.5, 0.6) is 0 Å². The van der Waals surface area contributed by atoms with Gasteiger partial charge in [-0.3, -0.25) is 0 Å². The van der Waals surface area contributed by atoms with Crippen LogP contribution in [0.2, 0.25) is 0 Å². The second-order valence-electron chi connectivity index (χ2n) is 6.25. The summed E-state index contributed by atoms with van der Waals surface area (Å²) in [6.45, 7) is 2.39. The number of rotatable bonds is 4. The first-order chi connectivity index (χ1) is 11.6. The largest absolute Gasteiger partial charge is 0.360 e. The van der Waals surface area contributed by atoms with E-state index in [1.54, 1.807) is 0 Å². The third kappa shape index (κ3) is 2.71. The van der Waals surface area contributed by atoms with Gasteiger partial charge in [-0.25, -0.2) is 9.97 Å². The zero-order chi connectivity index (χ0) is 16.7. The second kappa shape index (κ2) is 6.01. The number of anilines is 2. The van der Waals surface area contributed by atoms with Crippen LogP contribution < -0.4 is 10.2 Å². The number of aromatic nitrogens is 4. The van der Waals surface area contributed by atoms with Crippen molar-refractivity contribution in [1.29, 1.82) is 0 Å². The van der Waals surface area contributed by atoms with Crippen LogP contribution in [0.3, 0.4) is 0 Å². The van der Waals surface area contributed by atoms with Gasteiger partial charge in [-0.2, -0.15) is 4.98 Å². The average molecular weight is 344 g/mol. The maximum Gasteiger partial charge on any atom is 0.265 e. The third-order valence-electron chi connectivity index (χ3n) is 4.19. The molecule has 24 heavy (non-hydrogen) atoms. The van der Waals surface area contributed by atoms with Gasteiger partial charge in [-0.05, 0) is 43.3 Å². The van der Waals surface area contributed by atoms with E-state index in [9.17, 15) is 0 Å². The van der Waals surface area contributed by atoms with Crippen molar-refractivity contribution in [3.8, 4) is 0 Å². The van der Waals surface area contributed by atoms with Gasteiger partial charge < -0.3 is 14.7 Å². The molecule has 0 unspecified atom stereocenters. The fraction of sp³-hybridized carbons (Fsp3) is 0.500. The van der Waals surface area contributed by atoms with E-state index in [1.807, 2.05) is 37.3 Å². The van der Waals surface area contributed by atoms with Gasteiger partial charge in [-0.15, -0.1) is 11.3 Å². The lowest BCUT2D eigenvalue weighted by Gasteiger charge is -2.12. The third-order valence-corrected chi connectivity index (χ3v) is 5.38. The Hall–Kier alpha value is -2.22. The molecule has 126 valence electrons. The first-order valence-corrected chi connectivity index (χ1v) is 8.96. The van der Waals surface area contributed by atoms with Crippen molar-refractivity contribution in [2.75, 3.05) is 24.3 Å². The highest BCUT2D eigenvalue weighted by atomic mass is 32.1. The molecule has 4 rings (SSSR count). The Morgan fingerprint density at radius 3 is 2.79 bits per heavy atom. The molecule has 7 nitrogen and oxygen atoms in total. The minimum atomic E-state index is 0.455. The summed E-state index contributed by atoms with van der Waals surface area (Å²) in [5.41, 5.74) is 1.42. The van der Waals surface area contributed by atoms with Crippen molar-refractivity contribution < 1.29 is 4.52 Å². The number of hydrogen-bond acceptors (Lipinski definition) is 8.